The van der Waals surface area contributed by atoms with Gasteiger partial charge in [-0.2, -0.15) is 0 Å². The Bertz CT molecular complexity index is 844. The van der Waals surface area contributed by atoms with E-state index in [0.717, 1.165) is 16.5 Å². The Morgan fingerprint density at radius 3 is 2.46 bits per heavy atom. The van der Waals surface area contributed by atoms with Crippen LogP contribution in [0.2, 0.25) is 0 Å². The third-order valence-corrected chi connectivity index (χ3v) is 5.56. The molecule has 0 spiro atoms. The lowest BCUT2D eigenvalue weighted by Crippen LogP contribution is -2.45. The number of carbonyl (C=O) groups excluding carboxylic acids is 2. The normalized spacial score (nSPS) is 16.0. The van der Waals surface area contributed by atoms with Gasteiger partial charge in [-0.25, -0.2) is 0 Å². The molecule has 1 unspecified atom stereocenters. The number of nitrogens with one attached hydrogen (secondary N) is 2. The predicted octanol–water partition coefficient (Wildman–Crippen LogP) is 2.42. The van der Waals surface area contributed by atoms with E-state index >= 15 is 0 Å². The average molecular weight is 383 g/mol. The molecule has 0 radical (unpaired) electrons. The highest BCUT2D eigenvalue weighted by atomic mass is 16.5. The van der Waals surface area contributed by atoms with E-state index in [4.69, 9.17) is 4.74 Å². The molecule has 2 aromatic rings. The maximum Gasteiger partial charge on any atom is 0.254 e. The molecule has 2 amide bonds. The van der Waals surface area contributed by atoms with Gasteiger partial charge in [-0.05, 0) is 44.3 Å². The Balaban J connectivity index is 1.66. The van der Waals surface area contributed by atoms with Crippen LogP contribution in [0.15, 0.2) is 36.4 Å². The first kappa shape index (κ1) is 20.1. The third kappa shape index (κ3) is 4.28. The van der Waals surface area contributed by atoms with Crippen LogP contribution in [0.5, 0.6) is 5.75 Å². The summed E-state index contributed by atoms with van der Waals surface area (Å²) in [4.78, 5) is 27.3. The number of carbonyl (C=O) groups is 2. The standard InChI is InChI=1S/C22H29N3O3/c1-15(23-2)14-24-21(26)16-10-12-25(13-11-16)22(27)19-8-9-20(28-3)18-7-5-4-6-17(18)19/h4-9,15-16,23H,10-14H2,1-3H3,(H,24,26). The molecule has 0 aliphatic carbocycles. The highest BCUT2D eigenvalue weighted by molar-refractivity contribution is 6.08. The lowest BCUT2D eigenvalue weighted by atomic mass is 9.94. The van der Waals surface area contributed by atoms with E-state index in [-0.39, 0.29) is 23.8 Å². The van der Waals surface area contributed by atoms with E-state index in [1.165, 1.54) is 0 Å². The van der Waals surface area contributed by atoms with E-state index in [2.05, 4.69) is 10.6 Å². The Hall–Kier alpha value is -2.60. The zero-order valence-corrected chi connectivity index (χ0v) is 16.8. The number of rotatable bonds is 6. The molecule has 1 heterocycles. The van der Waals surface area contributed by atoms with E-state index in [1.807, 2.05) is 55.3 Å². The molecular formula is C22H29N3O3. The fourth-order valence-corrected chi connectivity index (χ4v) is 3.65. The molecule has 6 nitrogen and oxygen atoms in total. The van der Waals surface area contributed by atoms with Gasteiger partial charge in [0.05, 0.1) is 7.11 Å². The maximum atomic E-state index is 13.1. The summed E-state index contributed by atoms with van der Waals surface area (Å²) >= 11 is 0. The van der Waals surface area contributed by atoms with E-state index in [0.29, 0.717) is 38.0 Å². The number of hydrogen-bond acceptors (Lipinski definition) is 4. The van der Waals surface area contributed by atoms with Gasteiger partial charge in [-0.1, -0.05) is 24.3 Å². The fraction of sp³-hybridized carbons (Fsp3) is 0.455. The SMILES string of the molecule is CNC(C)CNC(=O)C1CCN(C(=O)c2ccc(OC)c3ccccc23)CC1. The Morgan fingerprint density at radius 2 is 1.82 bits per heavy atom. The number of benzene rings is 2. The Kier molecular flexibility index (Phi) is 6.52. The Morgan fingerprint density at radius 1 is 1.14 bits per heavy atom. The van der Waals surface area contributed by atoms with Gasteiger partial charge in [-0.15, -0.1) is 0 Å². The number of nitrogens with zero attached hydrogens (tertiary/aromatic N) is 1. The fourth-order valence-electron chi connectivity index (χ4n) is 3.65. The predicted molar refractivity (Wildman–Crippen MR) is 111 cm³/mol. The molecule has 0 saturated carbocycles. The minimum absolute atomic E-state index is 0.0153. The van der Waals surface area contributed by atoms with E-state index in [9.17, 15) is 9.59 Å². The van der Waals surface area contributed by atoms with Crippen LogP contribution in [0.25, 0.3) is 10.8 Å². The summed E-state index contributed by atoms with van der Waals surface area (Å²) in [5.74, 6) is 0.838. The van der Waals surface area contributed by atoms with Crippen molar-refractivity contribution in [2.24, 2.45) is 5.92 Å². The molecule has 28 heavy (non-hydrogen) atoms. The van der Waals surface area contributed by atoms with Gasteiger partial charge in [0.1, 0.15) is 5.75 Å². The molecule has 150 valence electrons. The molecule has 1 aliphatic heterocycles. The second-order valence-electron chi connectivity index (χ2n) is 7.36. The molecule has 1 saturated heterocycles. The zero-order chi connectivity index (χ0) is 20.1. The van der Waals surface area contributed by atoms with Crippen molar-refractivity contribution >= 4 is 22.6 Å². The number of methoxy groups -OCH3 is 1. The molecule has 3 rings (SSSR count). The van der Waals surface area contributed by atoms with Gasteiger partial charge in [0.2, 0.25) is 5.91 Å². The van der Waals surface area contributed by atoms with Crippen molar-refractivity contribution in [1.82, 2.24) is 15.5 Å². The van der Waals surface area contributed by atoms with Crippen LogP contribution in [-0.4, -0.2) is 56.5 Å². The first-order chi connectivity index (χ1) is 13.5. The van der Waals surface area contributed by atoms with Gasteiger partial charge in [-0.3, -0.25) is 9.59 Å². The summed E-state index contributed by atoms with van der Waals surface area (Å²) in [7, 11) is 3.51. The topological polar surface area (TPSA) is 70.7 Å². The monoisotopic (exact) mass is 383 g/mol. The number of ether oxygens (including phenoxy) is 1. The van der Waals surface area contributed by atoms with Crippen LogP contribution in [-0.2, 0) is 4.79 Å². The van der Waals surface area contributed by atoms with Crippen molar-refractivity contribution in [2.45, 2.75) is 25.8 Å². The van der Waals surface area contributed by atoms with Gasteiger partial charge in [0.15, 0.2) is 0 Å². The maximum absolute atomic E-state index is 13.1. The number of likely N-dealkylation sites (tertiary alicyclic amines) is 1. The van der Waals surface area contributed by atoms with Crippen LogP contribution in [0.4, 0.5) is 0 Å². The molecule has 1 fully saturated rings. The molecule has 0 aromatic heterocycles. The minimum atomic E-state index is -0.0271. The average Bonchev–Trinajstić information content (AvgIpc) is 2.76. The lowest BCUT2D eigenvalue weighted by Gasteiger charge is -2.32. The van der Waals surface area contributed by atoms with Gasteiger partial charge < -0.3 is 20.3 Å². The summed E-state index contributed by atoms with van der Waals surface area (Å²) in [6.07, 6.45) is 1.39. The van der Waals surface area contributed by atoms with E-state index < -0.39 is 0 Å². The second kappa shape index (κ2) is 9.06. The summed E-state index contributed by atoms with van der Waals surface area (Å²) in [5.41, 5.74) is 0.683. The quantitative estimate of drug-likeness (QED) is 0.804. The summed E-state index contributed by atoms with van der Waals surface area (Å²) in [6, 6.07) is 11.7. The first-order valence-electron chi connectivity index (χ1n) is 9.85. The van der Waals surface area contributed by atoms with Crippen LogP contribution < -0.4 is 15.4 Å². The highest BCUT2D eigenvalue weighted by Crippen LogP contribution is 2.30. The Labute approximate surface area is 166 Å². The van der Waals surface area contributed by atoms with Crippen LogP contribution in [0.1, 0.15) is 30.1 Å². The number of fused-ring (bicyclic) bond motifs is 1. The van der Waals surface area contributed by atoms with Crippen molar-refractivity contribution < 1.29 is 14.3 Å². The van der Waals surface area contributed by atoms with Crippen molar-refractivity contribution in [1.29, 1.82) is 0 Å². The van der Waals surface area contributed by atoms with Crippen LogP contribution in [0, 0.1) is 5.92 Å². The van der Waals surface area contributed by atoms with Crippen LogP contribution >= 0.6 is 0 Å². The zero-order valence-electron chi connectivity index (χ0n) is 16.8. The van der Waals surface area contributed by atoms with Gasteiger partial charge >= 0.3 is 0 Å². The van der Waals surface area contributed by atoms with Crippen molar-refractivity contribution in [3.63, 3.8) is 0 Å². The molecule has 2 N–H and O–H groups in total. The largest absolute Gasteiger partial charge is 0.496 e. The van der Waals surface area contributed by atoms with Crippen molar-refractivity contribution in [3.05, 3.63) is 42.0 Å². The minimum Gasteiger partial charge on any atom is -0.496 e. The van der Waals surface area contributed by atoms with Crippen LogP contribution in [0.3, 0.4) is 0 Å². The second-order valence-corrected chi connectivity index (χ2v) is 7.36. The third-order valence-electron chi connectivity index (χ3n) is 5.56. The molecule has 2 aromatic carbocycles. The number of piperidine rings is 1. The number of likely N-dealkylation sites (N-methyl/N-ethyl adjacent to an activating group) is 1. The highest BCUT2D eigenvalue weighted by Gasteiger charge is 2.28. The summed E-state index contributed by atoms with van der Waals surface area (Å²) in [5, 5.41) is 7.94. The van der Waals surface area contributed by atoms with Crippen molar-refractivity contribution in [3.8, 4) is 5.75 Å². The van der Waals surface area contributed by atoms with Gasteiger partial charge in [0.25, 0.3) is 5.91 Å². The molecule has 6 heteroatoms. The molecule has 1 atom stereocenters. The summed E-state index contributed by atoms with van der Waals surface area (Å²) < 4.78 is 5.42. The number of amides is 2. The van der Waals surface area contributed by atoms with E-state index in [1.54, 1.807) is 7.11 Å². The smallest absolute Gasteiger partial charge is 0.254 e. The summed E-state index contributed by atoms with van der Waals surface area (Å²) in [6.45, 7) is 3.84. The molecule has 0 bridgehead atoms. The number of hydrogen-bond donors (Lipinski definition) is 2. The van der Waals surface area contributed by atoms with Crippen molar-refractivity contribution in [2.75, 3.05) is 33.8 Å². The van der Waals surface area contributed by atoms with Gasteiger partial charge in [0, 0.05) is 42.5 Å². The molecular weight excluding hydrogens is 354 g/mol. The lowest BCUT2D eigenvalue weighted by molar-refractivity contribution is -0.126. The first-order valence-corrected chi connectivity index (χ1v) is 9.85. The molecule has 1 aliphatic rings.